The Hall–Kier alpha value is -0.480. The van der Waals surface area contributed by atoms with E-state index in [1.807, 2.05) is 11.8 Å². The highest BCUT2D eigenvalue weighted by atomic mass is 32.2. The van der Waals surface area contributed by atoms with Crippen LogP contribution in [0, 0.1) is 0 Å². The van der Waals surface area contributed by atoms with E-state index in [1.54, 1.807) is 0 Å². The Bertz CT molecular complexity index is 329. The molecule has 0 bridgehead atoms. The molecule has 0 amide bonds. The van der Waals surface area contributed by atoms with Crippen molar-refractivity contribution in [1.82, 2.24) is 10.5 Å². The number of nitrogens with one attached hydrogen (secondary N) is 1. The molecule has 2 heterocycles. The Morgan fingerprint density at radius 3 is 3.13 bits per heavy atom. The van der Waals surface area contributed by atoms with Crippen LogP contribution >= 0.6 is 11.8 Å². The lowest BCUT2D eigenvalue weighted by atomic mass is 10.2. The van der Waals surface area contributed by atoms with Gasteiger partial charge in [-0.25, -0.2) is 0 Å². The van der Waals surface area contributed by atoms with E-state index < -0.39 is 0 Å². The highest BCUT2D eigenvalue weighted by Crippen LogP contribution is 2.40. The van der Waals surface area contributed by atoms with E-state index in [0.717, 1.165) is 18.0 Å². The number of rotatable bonds is 4. The van der Waals surface area contributed by atoms with Gasteiger partial charge < -0.3 is 9.84 Å². The minimum Gasteiger partial charge on any atom is -0.361 e. The lowest BCUT2D eigenvalue weighted by Crippen LogP contribution is -2.28. The third-order valence-electron chi connectivity index (χ3n) is 3.06. The highest BCUT2D eigenvalue weighted by Gasteiger charge is 2.27. The summed E-state index contributed by atoms with van der Waals surface area (Å²) < 4.78 is 5.31. The molecular weight excluding hydrogens is 208 g/mol. The minimum atomic E-state index is 0.674. The minimum absolute atomic E-state index is 0.674. The molecule has 2 fully saturated rings. The maximum Gasteiger partial charge on any atom is 0.140 e. The van der Waals surface area contributed by atoms with E-state index in [-0.39, 0.29) is 0 Å². The Morgan fingerprint density at radius 1 is 1.47 bits per heavy atom. The van der Waals surface area contributed by atoms with Crippen LogP contribution in [0.3, 0.4) is 0 Å². The van der Waals surface area contributed by atoms with Crippen molar-refractivity contribution in [2.45, 2.75) is 37.8 Å². The summed E-state index contributed by atoms with van der Waals surface area (Å²) in [5, 5.41) is 7.62. The summed E-state index contributed by atoms with van der Waals surface area (Å²) in [4.78, 5) is 0. The van der Waals surface area contributed by atoms with E-state index >= 15 is 0 Å². The van der Waals surface area contributed by atoms with Crippen LogP contribution in [-0.4, -0.2) is 22.7 Å². The zero-order valence-electron chi connectivity index (χ0n) is 8.74. The number of nitrogens with zero attached hydrogens (tertiary/aromatic N) is 1. The maximum absolute atomic E-state index is 5.31. The van der Waals surface area contributed by atoms with E-state index in [9.17, 15) is 0 Å². The Morgan fingerprint density at radius 2 is 2.40 bits per heavy atom. The Kier molecular flexibility index (Phi) is 2.71. The van der Waals surface area contributed by atoms with Crippen LogP contribution in [0.4, 0.5) is 0 Å². The molecule has 82 valence electrons. The molecule has 4 heteroatoms. The zero-order valence-corrected chi connectivity index (χ0v) is 9.55. The molecule has 1 aromatic rings. The molecule has 0 aromatic carbocycles. The summed E-state index contributed by atoms with van der Waals surface area (Å²) in [7, 11) is 0. The number of hydrogen-bond acceptors (Lipinski definition) is 4. The largest absolute Gasteiger partial charge is 0.361 e. The zero-order chi connectivity index (χ0) is 10.1. The first-order valence-corrected chi connectivity index (χ1v) is 6.84. The van der Waals surface area contributed by atoms with Gasteiger partial charge in [0.25, 0.3) is 0 Å². The van der Waals surface area contributed by atoms with E-state index in [1.165, 1.54) is 30.8 Å². The van der Waals surface area contributed by atoms with Gasteiger partial charge in [0.1, 0.15) is 5.76 Å². The van der Waals surface area contributed by atoms with Gasteiger partial charge in [0.15, 0.2) is 0 Å². The van der Waals surface area contributed by atoms with Crippen LogP contribution in [0.5, 0.6) is 0 Å². The first-order valence-electron chi connectivity index (χ1n) is 5.68. The van der Waals surface area contributed by atoms with Gasteiger partial charge in [-0.05, 0) is 25.0 Å². The van der Waals surface area contributed by atoms with Crippen molar-refractivity contribution in [1.29, 1.82) is 0 Å². The van der Waals surface area contributed by atoms with Crippen molar-refractivity contribution in [3.63, 3.8) is 0 Å². The fourth-order valence-electron chi connectivity index (χ4n) is 1.92. The van der Waals surface area contributed by atoms with E-state index in [4.69, 9.17) is 4.52 Å². The average Bonchev–Trinajstić information content (AvgIpc) is 2.82. The van der Waals surface area contributed by atoms with Crippen molar-refractivity contribution in [2.24, 2.45) is 0 Å². The van der Waals surface area contributed by atoms with Gasteiger partial charge in [-0.1, -0.05) is 5.16 Å². The summed E-state index contributed by atoms with van der Waals surface area (Å²) >= 11 is 2.03. The molecular formula is C11H16N2OS. The monoisotopic (exact) mass is 224 g/mol. The average molecular weight is 224 g/mol. The molecule has 2 aliphatic rings. The lowest BCUT2D eigenvalue weighted by Gasteiger charge is -2.08. The molecule has 1 saturated heterocycles. The second-order valence-corrected chi connectivity index (χ2v) is 5.59. The second kappa shape index (κ2) is 4.18. The summed E-state index contributed by atoms with van der Waals surface area (Å²) in [5.74, 6) is 4.30. The van der Waals surface area contributed by atoms with Crippen molar-refractivity contribution in [2.75, 3.05) is 11.5 Å². The second-order valence-electron chi connectivity index (χ2n) is 4.44. The van der Waals surface area contributed by atoms with Crippen LogP contribution in [0.15, 0.2) is 10.6 Å². The predicted octanol–water partition coefficient (Wildman–Crippen LogP) is 2.15. The van der Waals surface area contributed by atoms with Gasteiger partial charge >= 0.3 is 0 Å². The van der Waals surface area contributed by atoms with Crippen LogP contribution in [0.25, 0.3) is 0 Å². The molecule has 1 aliphatic carbocycles. The molecule has 15 heavy (non-hydrogen) atoms. The van der Waals surface area contributed by atoms with Crippen LogP contribution in [0.1, 0.15) is 36.6 Å². The van der Waals surface area contributed by atoms with Gasteiger partial charge in [0, 0.05) is 30.3 Å². The van der Waals surface area contributed by atoms with Crippen LogP contribution in [0.2, 0.25) is 0 Å². The molecule has 1 N–H and O–H groups in total. The fraction of sp³-hybridized carbons (Fsp3) is 0.727. The topological polar surface area (TPSA) is 38.1 Å². The van der Waals surface area contributed by atoms with Gasteiger partial charge in [0.05, 0.1) is 5.69 Å². The fourth-order valence-corrected chi connectivity index (χ4v) is 3.10. The van der Waals surface area contributed by atoms with Crippen LogP contribution in [-0.2, 0) is 6.54 Å². The molecule has 0 unspecified atom stereocenters. The van der Waals surface area contributed by atoms with Gasteiger partial charge in [-0.15, -0.1) is 0 Å². The quantitative estimate of drug-likeness (QED) is 0.850. The molecule has 1 aliphatic heterocycles. The van der Waals surface area contributed by atoms with Crippen LogP contribution < -0.4 is 5.32 Å². The van der Waals surface area contributed by atoms with Crippen molar-refractivity contribution in [3.05, 3.63) is 17.5 Å². The molecule has 0 radical (unpaired) electrons. The van der Waals surface area contributed by atoms with Crippen molar-refractivity contribution >= 4 is 11.8 Å². The summed E-state index contributed by atoms with van der Waals surface area (Å²) in [6.07, 6.45) is 3.85. The summed E-state index contributed by atoms with van der Waals surface area (Å²) in [5.41, 5.74) is 1.06. The first kappa shape index (κ1) is 9.73. The third-order valence-corrected chi connectivity index (χ3v) is 4.22. The maximum atomic E-state index is 5.31. The van der Waals surface area contributed by atoms with Crippen molar-refractivity contribution < 1.29 is 4.52 Å². The van der Waals surface area contributed by atoms with Crippen molar-refractivity contribution in [3.8, 4) is 0 Å². The standard InChI is InChI=1S/C11H16N2OS/c1-2-8(1)11-5-10(13-14-11)6-12-9-3-4-15-7-9/h5,8-9,12H,1-4,6-7H2/t9-/m0/s1. The molecule has 0 spiro atoms. The third kappa shape index (κ3) is 2.37. The number of hydrogen-bond donors (Lipinski definition) is 1. The van der Waals surface area contributed by atoms with E-state index in [2.05, 4.69) is 16.5 Å². The summed E-state index contributed by atoms with van der Waals surface area (Å²) in [6.45, 7) is 0.863. The smallest absolute Gasteiger partial charge is 0.140 e. The molecule has 1 saturated carbocycles. The van der Waals surface area contributed by atoms with Gasteiger partial charge in [0.2, 0.25) is 0 Å². The molecule has 3 rings (SSSR count). The SMILES string of the molecule is c1c(CN[C@H]2CCSC2)noc1C1CC1. The molecule has 1 aromatic heterocycles. The predicted molar refractivity (Wildman–Crippen MR) is 61.0 cm³/mol. The normalized spacial score (nSPS) is 26.0. The summed E-state index contributed by atoms with van der Waals surface area (Å²) in [6, 6.07) is 2.79. The Labute approximate surface area is 94.0 Å². The number of aromatic nitrogens is 1. The molecule has 1 atom stereocenters. The highest BCUT2D eigenvalue weighted by molar-refractivity contribution is 7.99. The Balaban J connectivity index is 1.52. The van der Waals surface area contributed by atoms with Gasteiger partial charge in [-0.3, -0.25) is 0 Å². The number of thioether (sulfide) groups is 1. The lowest BCUT2D eigenvalue weighted by molar-refractivity contribution is 0.374. The van der Waals surface area contributed by atoms with Gasteiger partial charge in [-0.2, -0.15) is 11.8 Å². The first-order chi connectivity index (χ1) is 7.42. The van der Waals surface area contributed by atoms with E-state index in [0.29, 0.717) is 12.0 Å². The molecule has 3 nitrogen and oxygen atoms in total.